The van der Waals surface area contributed by atoms with Crippen LogP contribution in [0.15, 0.2) is 225 Å². The van der Waals surface area contributed by atoms with Gasteiger partial charge in [0, 0.05) is 109 Å². The summed E-state index contributed by atoms with van der Waals surface area (Å²) in [5.41, 5.74) is 11.1. The van der Waals surface area contributed by atoms with Gasteiger partial charge < -0.3 is 23.7 Å². The standard InChI is InChI=1S/C35H29N4O.C35H21N3S.Pt/c1-35(2,3)24-18-19-36-34(20-24)39-30-13-6-5-12-28(30)29-17-16-27(22-33(29)39)40-26-11-9-10-25(21-26)38-23-37(4)31-14-7-8-15-32(31)38;1-5-13-29-23(9-1)24-10-2-6-14-30(24)37(29)22-17-18-33-28(21-22)27-19-20-36-35(34(27)39-33)38-31-15-7-3-11-25(31)26-12-4-8-16-32(26)38;/h5-20,23H,1-4H3;1-21H;/q-3;;/i4D3;;. The van der Waals surface area contributed by atoms with E-state index in [1.807, 2.05) is 83.2 Å². The molecule has 6 aromatic heterocycles. The molecule has 8 nitrogen and oxygen atoms in total. The van der Waals surface area contributed by atoms with Crippen LogP contribution in [0.1, 0.15) is 30.4 Å². The Morgan fingerprint density at radius 3 is 1.73 bits per heavy atom. The van der Waals surface area contributed by atoms with E-state index in [2.05, 4.69) is 198 Å². The summed E-state index contributed by atoms with van der Waals surface area (Å²) in [6.07, 6.45) is 3.82. The second-order valence-electron chi connectivity index (χ2n) is 21.0. The van der Waals surface area contributed by atoms with E-state index in [0.717, 1.165) is 39.1 Å². The van der Waals surface area contributed by atoms with Crippen molar-refractivity contribution in [2.75, 3.05) is 16.8 Å². The van der Waals surface area contributed by atoms with Gasteiger partial charge in [-0.3, -0.25) is 4.57 Å². The Morgan fingerprint density at radius 1 is 0.500 bits per heavy atom. The van der Waals surface area contributed by atoms with Gasteiger partial charge in [-0.2, -0.15) is 18.8 Å². The van der Waals surface area contributed by atoms with Crippen LogP contribution in [0.25, 0.3) is 103 Å². The van der Waals surface area contributed by atoms with Crippen LogP contribution in [0.2, 0.25) is 0 Å². The van der Waals surface area contributed by atoms with Crippen molar-refractivity contribution in [1.82, 2.24) is 23.7 Å². The van der Waals surface area contributed by atoms with E-state index in [9.17, 15) is 0 Å². The third-order valence-corrected chi connectivity index (χ3v) is 16.4. The molecule has 16 rings (SSSR count). The van der Waals surface area contributed by atoms with E-state index in [4.69, 9.17) is 18.8 Å². The summed E-state index contributed by atoms with van der Waals surface area (Å²) in [6, 6.07) is 79.9. The second kappa shape index (κ2) is 19.4. The smallest absolute Gasteiger partial charge is 0.155 e. The maximum atomic E-state index is 7.99. The molecular weight excluding hydrogens is 1180 g/mol. The molecule has 1 aliphatic heterocycles. The number of nitrogens with zero attached hydrogens (tertiary/aromatic N) is 7. The number of ether oxygens (including phenoxy) is 1. The fourth-order valence-corrected chi connectivity index (χ4v) is 12.7. The number of fused-ring (bicyclic) bond motifs is 13. The molecule has 0 saturated carbocycles. The maximum absolute atomic E-state index is 7.99. The number of benzene rings is 9. The molecule has 390 valence electrons. The molecule has 7 heterocycles. The molecule has 0 saturated heterocycles. The molecule has 80 heavy (non-hydrogen) atoms. The predicted molar refractivity (Wildman–Crippen MR) is 329 cm³/mol. The summed E-state index contributed by atoms with van der Waals surface area (Å²) in [7, 11) is 0. The number of para-hydroxylation sites is 7. The fraction of sp³-hybridized carbons (Fsp3) is 0.0714. The van der Waals surface area contributed by atoms with Crippen LogP contribution in [-0.4, -0.2) is 30.6 Å². The molecule has 1 aliphatic rings. The van der Waals surface area contributed by atoms with Gasteiger partial charge in [0.15, 0.2) is 5.82 Å². The van der Waals surface area contributed by atoms with Crippen LogP contribution in [-0.2, 0) is 26.5 Å². The Kier molecular flexibility index (Phi) is 11.2. The summed E-state index contributed by atoms with van der Waals surface area (Å²) in [4.78, 5) is 12.8. The number of anilines is 3. The first-order valence-corrected chi connectivity index (χ1v) is 27.2. The first-order chi connectivity index (χ1) is 39.9. The molecule has 0 bridgehead atoms. The van der Waals surface area contributed by atoms with Crippen LogP contribution in [0.3, 0.4) is 0 Å². The van der Waals surface area contributed by atoms with E-state index in [1.54, 1.807) is 12.7 Å². The fourth-order valence-electron chi connectivity index (χ4n) is 11.6. The topological polar surface area (TPSA) is 56.3 Å². The first kappa shape index (κ1) is 46.0. The quantitative estimate of drug-likeness (QED) is 0.155. The number of hydrogen-bond acceptors (Lipinski definition) is 6. The van der Waals surface area contributed by atoms with Gasteiger partial charge in [-0.05, 0) is 102 Å². The van der Waals surface area contributed by atoms with Crippen molar-refractivity contribution in [3.8, 4) is 28.8 Å². The summed E-state index contributed by atoms with van der Waals surface area (Å²) in [5, 5.41) is 9.73. The molecule has 0 atom stereocenters. The van der Waals surface area contributed by atoms with E-state index in [-0.39, 0.29) is 26.5 Å². The van der Waals surface area contributed by atoms with E-state index in [0.29, 0.717) is 22.9 Å². The molecule has 0 amide bonds. The summed E-state index contributed by atoms with van der Waals surface area (Å²) in [6.45, 7) is 5.85. The average molecular weight is 1240 g/mol. The number of thiophene rings is 1. The molecule has 15 aromatic rings. The van der Waals surface area contributed by atoms with Gasteiger partial charge >= 0.3 is 0 Å². The average Bonchev–Trinajstić information content (AvgIpc) is 2.41. The number of pyridine rings is 2. The van der Waals surface area contributed by atoms with Crippen molar-refractivity contribution in [1.29, 1.82) is 0 Å². The SMILES string of the molecule is [2H]C([2H])([2H])N1[CH-]N(c2[c-]c(Oc3[c-]c4c(cc3)c3ccccc3n4-c3cc(C(C)(C)C)ccn3)ccc2)c2ccccc21.[Pt].c1ccc2c(c1)c1ccccc1n2-c1ccc2sc3c(-n4c5ccccc5c5ccccc54)nccc3c2c1. The van der Waals surface area contributed by atoms with Crippen LogP contribution >= 0.6 is 11.3 Å². The van der Waals surface area contributed by atoms with Gasteiger partial charge in [0.05, 0.1) is 26.8 Å². The Bertz CT molecular complexity index is 4930. The number of rotatable bonds is 6. The molecular formula is C70H50N7OPtS-3. The Labute approximate surface area is 485 Å². The molecule has 9 aromatic carbocycles. The van der Waals surface area contributed by atoms with Gasteiger partial charge in [0.1, 0.15) is 5.82 Å². The minimum Gasteiger partial charge on any atom is -0.509 e. The molecule has 0 radical (unpaired) electrons. The monoisotopic (exact) mass is 1230 g/mol. The molecule has 0 unspecified atom stereocenters. The van der Waals surface area contributed by atoms with Gasteiger partial charge in [0.2, 0.25) is 0 Å². The zero-order chi connectivity index (χ0) is 55.4. The molecule has 0 fully saturated rings. The van der Waals surface area contributed by atoms with Crippen molar-refractivity contribution in [2.24, 2.45) is 0 Å². The van der Waals surface area contributed by atoms with Crippen molar-refractivity contribution in [2.45, 2.75) is 26.2 Å². The number of aromatic nitrogens is 5. The van der Waals surface area contributed by atoms with Gasteiger partial charge in [-0.1, -0.05) is 129 Å². The van der Waals surface area contributed by atoms with Crippen molar-refractivity contribution in [3.05, 3.63) is 249 Å². The molecule has 0 aliphatic carbocycles. The van der Waals surface area contributed by atoms with Crippen molar-refractivity contribution in [3.63, 3.8) is 0 Å². The molecule has 0 spiro atoms. The normalized spacial score (nSPS) is 13.3. The van der Waals surface area contributed by atoms with Gasteiger partial charge in [-0.15, -0.1) is 52.7 Å². The maximum Gasteiger partial charge on any atom is 0.155 e. The van der Waals surface area contributed by atoms with Gasteiger partial charge in [0.25, 0.3) is 0 Å². The van der Waals surface area contributed by atoms with E-state index >= 15 is 0 Å². The molecule has 10 heteroatoms. The zero-order valence-electron chi connectivity index (χ0n) is 46.7. The third-order valence-electron chi connectivity index (χ3n) is 15.2. The van der Waals surface area contributed by atoms with Crippen LogP contribution in [0.4, 0.5) is 17.1 Å². The zero-order valence-corrected chi connectivity index (χ0v) is 46.8. The summed E-state index contributed by atoms with van der Waals surface area (Å²) in [5.74, 6) is 2.83. The summed E-state index contributed by atoms with van der Waals surface area (Å²) >= 11 is 1.82. The first-order valence-electron chi connectivity index (χ1n) is 27.9. The Morgan fingerprint density at radius 2 is 1.07 bits per heavy atom. The van der Waals surface area contributed by atoms with Crippen LogP contribution < -0.4 is 14.5 Å². The van der Waals surface area contributed by atoms with E-state index in [1.165, 1.54) is 79.9 Å². The Balaban J connectivity index is 0.000000147. The minimum atomic E-state index is -2.32. The Hall–Kier alpha value is -9.01. The second-order valence-corrected chi connectivity index (χ2v) is 22.0. The predicted octanol–water partition coefficient (Wildman–Crippen LogP) is 18.2. The molecule has 0 N–H and O–H groups in total. The summed E-state index contributed by atoms with van der Waals surface area (Å²) < 4.78 is 39.6. The third kappa shape index (κ3) is 8.05. The largest absolute Gasteiger partial charge is 0.509 e. The minimum absolute atomic E-state index is 0. The van der Waals surface area contributed by atoms with Crippen LogP contribution in [0.5, 0.6) is 11.5 Å². The van der Waals surface area contributed by atoms with Crippen molar-refractivity contribution >= 4 is 114 Å². The van der Waals surface area contributed by atoms with Crippen molar-refractivity contribution < 1.29 is 29.9 Å². The van der Waals surface area contributed by atoms with Crippen LogP contribution in [0, 0.1) is 18.8 Å². The van der Waals surface area contributed by atoms with Gasteiger partial charge in [-0.25, -0.2) is 9.97 Å². The van der Waals surface area contributed by atoms with E-state index < -0.39 is 6.98 Å². The number of hydrogen-bond donors (Lipinski definition) is 0.